The molecule has 0 spiro atoms. The summed E-state index contributed by atoms with van der Waals surface area (Å²) in [7, 11) is 1.64. The van der Waals surface area contributed by atoms with Crippen molar-refractivity contribution in [2.24, 2.45) is 10.9 Å². The Hall–Kier alpha value is -2.52. The van der Waals surface area contributed by atoms with Crippen molar-refractivity contribution in [2.45, 2.75) is 32.4 Å². The fourth-order valence-electron chi connectivity index (χ4n) is 3.25. The molecule has 29 heavy (non-hydrogen) atoms. The maximum absolute atomic E-state index is 13.0. The first-order chi connectivity index (χ1) is 13.8. The molecule has 1 fully saturated rings. The molecule has 1 aliphatic heterocycles. The largest absolute Gasteiger partial charge is 0.419 e. The van der Waals surface area contributed by atoms with Crippen LogP contribution in [0.2, 0.25) is 0 Å². The standard InChI is InChI=1S/C19H29F3N6O/c1-3-24-18(28-11-6-14(7-12-28)13-16(29)23-2)27-10-9-26-17-15(19(20,21)22)5-4-8-25-17/h4-5,8,14H,3,6-7,9-13H2,1-2H3,(H,23,29)(H,24,27)(H,25,26). The van der Waals surface area contributed by atoms with Gasteiger partial charge in [0.05, 0.1) is 12.1 Å². The van der Waals surface area contributed by atoms with Crippen LogP contribution in [0, 0.1) is 5.92 Å². The summed E-state index contributed by atoms with van der Waals surface area (Å²) in [6.45, 7) is 4.80. The number of hydrogen-bond acceptors (Lipinski definition) is 4. The minimum Gasteiger partial charge on any atom is -0.368 e. The highest BCUT2D eigenvalue weighted by Crippen LogP contribution is 2.33. The van der Waals surface area contributed by atoms with E-state index in [1.165, 1.54) is 12.3 Å². The van der Waals surface area contributed by atoms with E-state index >= 15 is 0 Å². The van der Waals surface area contributed by atoms with E-state index in [0.717, 1.165) is 38.0 Å². The number of hydrogen-bond donors (Lipinski definition) is 3. The average Bonchev–Trinajstić information content (AvgIpc) is 2.70. The molecule has 0 saturated carbocycles. The lowest BCUT2D eigenvalue weighted by atomic mass is 9.93. The van der Waals surface area contributed by atoms with E-state index in [1.54, 1.807) is 7.05 Å². The third-order valence-corrected chi connectivity index (χ3v) is 4.78. The third-order valence-electron chi connectivity index (χ3n) is 4.78. The van der Waals surface area contributed by atoms with Gasteiger partial charge in [0.15, 0.2) is 5.96 Å². The van der Waals surface area contributed by atoms with E-state index < -0.39 is 11.7 Å². The molecule has 10 heteroatoms. The van der Waals surface area contributed by atoms with E-state index in [2.05, 4.69) is 30.8 Å². The molecule has 1 saturated heterocycles. The number of halogens is 3. The molecular weight excluding hydrogens is 385 g/mol. The van der Waals surface area contributed by atoms with Crippen LogP contribution in [0.1, 0.15) is 31.7 Å². The summed E-state index contributed by atoms with van der Waals surface area (Å²) in [4.78, 5) is 22.0. The van der Waals surface area contributed by atoms with E-state index in [-0.39, 0.29) is 18.3 Å². The van der Waals surface area contributed by atoms with E-state index in [4.69, 9.17) is 0 Å². The highest BCUT2D eigenvalue weighted by atomic mass is 19.4. The minimum atomic E-state index is -4.45. The molecule has 1 aliphatic rings. The quantitative estimate of drug-likeness (QED) is 0.363. The zero-order valence-electron chi connectivity index (χ0n) is 16.9. The molecule has 1 aromatic rings. The van der Waals surface area contributed by atoms with Gasteiger partial charge in [0.2, 0.25) is 5.91 Å². The number of rotatable bonds is 7. The van der Waals surface area contributed by atoms with E-state index in [1.807, 2.05) is 6.92 Å². The molecule has 1 amide bonds. The van der Waals surface area contributed by atoms with Gasteiger partial charge in [-0.1, -0.05) is 0 Å². The van der Waals surface area contributed by atoms with Gasteiger partial charge in [-0.05, 0) is 37.8 Å². The summed E-state index contributed by atoms with van der Waals surface area (Å²) in [5.74, 6) is 0.975. The number of carbonyl (C=O) groups is 1. The van der Waals surface area contributed by atoms with Gasteiger partial charge in [-0.3, -0.25) is 9.79 Å². The van der Waals surface area contributed by atoms with Gasteiger partial charge in [0.25, 0.3) is 0 Å². The van der Waals surface area contributed by atoms with Gasteiger partial charge in [-0.15, -0.1) is 0 Å². The number of nitrogens with one attached hydrogen (secondary N) is 3. The van der Waals surface area contributed by atoms with Crippen LogP contribution in [-0.2, 0) is 11.0 Å². The Morgan fingerprint density at radius 2 is 2.07 bits per heavy atom. The molecule has 162 valence electrons. The first-order valence-electron chi connectivity index (χ1n) is 9.85. The summed E-state index contributed by atoms with van der Waals surface area (Å²) >= 11 is 0. The minimum absolute atomic E-state index is 0.0582. The maximum Gasteiger partial charge on any atom is 0.419 e. The Balaban J connectivity index is 1.88. The number of aliphatic imine (C=N–C) groups is 1. The highest BCUT2D eigenvalue weighted by Gasteiger charge is 2.34. The van der Waals surface area contributed by atoms with Gasteiger partial charge in [0, 0.05) is 45.8 Å². The van der Waals surface area contributed by atoms with Crippen molar-refractivity contribution in [1.29, 1.82) is 0 Å². The first-order valence-corrected chi connectivity index (χ1v) is 9.85. The van der Waals surface area contributed by atoms with Crippen molar-refractivity contribution >= 4 is 17.7 Å². The van der Waals surface area contributed by atoms with Crippen LogP contribution >= 0.6 is 0 Å². The fourth-order valence-corrected chi connectivity index (χ4v) is 3.25. The normalized spacial score (nSPS) is 15.9. The lowest BCUT2D eigenvalue weighted by Gasteiger charge is -2.34. The van der Waals surface area contributed by atoms with E-state index in [9.17, 15) is 18.0 Å². The number of pyridine rings is 1. The number of amides is 1. The van der Waals surface area contributed by atoms with Gasteiger partial charge >= 0.3 is 6.18 Å². The number of nitrogens with zero attached hydrogens (tertiary/aromatic N) is 3. The SMILES string of the molecule is CCNC(=NCCNc1ncccc1C(F)(F)F)N1CCC(CC(=O)NC)CC1. The smallest absolute Gasteiger partial charge is 0.368 e. The Labute approximate surface area is 169 Å². The third kappa shape index (κ3) is 7.10. The van der Waals surface area contributed by atoms with Crippen molar-refractivity contribution < 1.29 is 18.0 Å². The second-order valence-electron chi connectivity index (χ2n) is 6.87. The van der Waals surface area contributed by atoms with Crippen LogP contribution in [0.5, 0.6) is 0 Å². The Morgan fingerprint density at radius 3 is 2.69 bits per heavy atom. The Kier molecular flexibility index (Phi) is 8.53. The van der Waals surface area contributed by atoms with Crippen molar-refractivity contribution in [3.05, 3.63) is 23.9 Å². The van der Waals surface area contributed by atoms with Crippen LogP contribution in [-0.4, -0.2) is 61.5 Å². The molecule has 7 nitrogen and oxygen atoms in total. The molecule has 0 atom stereocenters. The molecule has 1 aromatic heterocycles. The van der Waals surface area contributed by atoms with Crippen molar-refractivity contribution in [3.63, 3.8) is 0 Å². The number of aromatic nitrogens is 1. The van der Waals surface area contributed by atoms with Crippen LogP contribution in [0.4, 0.5) is 19.0 Å². The number of likely N-dealkylation sites (tertiary alicyclic amines) is 1. The predicted molar refractivity (Wildman–Crippen MR) is 107 cm³/mol. The lowest BCUT2D eigenvalue weighted by Crippen LogP contribution is -2.46. The Bertz CT molecular complexity index is 687. The van der Waals surface area contributed by atoms with Crippen molar-refractivity contribution in [3.8, 4) is 0 Å². The zero-order chi connectivity index (χ0) is 21.3. The lowest BCUT2D eigenvalue weighted by molar-refractivity contribution is -0.137. The second-order valence-corrected chi connectivity index (χ2v) is 6.87. The molecule has 0 unspecified atom stereocenters. The maximum atomic E-state index is 13.0. The van der Waals surface area contributed by atoms with Crippen molar-refractivity contribution in [2.75, 3.05) is 45.1 Å². The summed E-state index contributed by atoms with van der Waals surface area (Å²) in [6.07, 6.45) is -0.785. The highest BCUT2D eigenvalue weighted by molar-refractivity contribution is 5.80. The average molecular weight is 414 g/mol. The molecule has 2 rings (SSSR count). The number of carbonyl (C=O) groups excluding carboxylic acids is 1. The molecule has 0 bridgehead atoms. The molecular formula is C19H29F3N6O. The van der Waals surface area contributed by atoms with Gasteiger partial charge < -0.3 is 20.9 Å². The molecule has 0 aliphatic carbocycles. The fraction of sp³-hybridized carbons (Fsp3) is 0.632. The topological polar surface area (TPSA) is 81.7 Å². The monoisotopic (exact) mass is 414 g/mol. The van der Waals surface area contributed by atoms with Crippen LogP contribution in [0.15, 0.2) is 23.3 Å². The molecule has 3 N–H and O–H groups in total. The molecule has 0 radical (unpaired) electrons. The Morgan fingerprint density at radius 1 is 1.34 bits per heavy atom. The number of anilines is 1. The first kappa shape index (κ1) is 22.8. The number of piperidine rings is 1. The summed E-state index contributed by atoms with van der Waals surface area (Å²) < 4.78 is 39.0. The zero-order valence-corrected chi connectivity index (χ0v) is 16.9. The predicted octanol–water partition coefficient (Wildman–Crippen LogP) is 2.33. The molecule has 0 aromatic carbocycles. The van der Waals surface area contributed by atoms with E-state index in [0.29, 0.717) is 25.4 Å². The molecule has 2 heterocycles. The summed E-state index contributed by atoms with van der Waals surface area (Å²) in [6, 6.07) is 2.27. The summed E-state index contributed by atoms with van der Waals surface area (Å²) in [5, 5.41) is 8.61. The summed E-state index contributed by atoms with van der Waals surface area (Å²) in [5.41, 5.74) is -0.783. The van der Waals surface area contributed by atoms with Crippen LogP contribution in [0.25, 0.3) is 0 Å². The number of alkyl halides is 3. The second kappa shape index (κ2) is 10.9. The van der Waals surface area contributed by atoms with Gasteiger partial charge in [-0.25, -0.2) is 4.98 Å². The van der Waals surface area contributed by atoms with Gasteiger partial charge in [-0.2, -0.15) is 13.2 Å². The van der Waals surface area contributed by atoms with Crippen LogP contribution in [0.3, 0.4) is 0 Å². The number of guanidine groups is 1. The van der Waals surface area contributed by atoms with Gasteiger partial charge in [0.1, 0.15) is 5.82 Å². The van der Waals surface area contributed by atoms with Crippen molar-refractivity contribution in [1.82, 2.24) is 20.5 Å². The van der Waals surface area contributed by atoms with Crippen LogP contribution < -0.4 is 16.0 Å².